The van der Waals surface area contributed by atoms with Crippen LogP contribution in [-0.2, 0) is 4.79 Å². The van der Waals surface area contributed by atoms with Crippen molar-refractivity contribution < 1.29 is 9.18 Å². The molecule has 29 heavy (non-hydrogen) atoms. The zero-order chi connectivity index (χ0) is 20.2. The van der Waals surface area contributed by atoms with Gasteiger partial charge < -0.3 is 10.6 Å². The molecule has 0 bridgehead atoms. The van der Waals surface area contributed by atoms with Gasteiger partial charge in [0.05, 0.1) is 6.20 Å². The number of rotatable bonds is 5. The second-order valence-corrected chi connectivity index (χ2v) is 7.92. The third-order valence-corrected chi connectivity index (χ3v) is 5.84. The molecule has 6 nitrogen and oxygen atoms in total. The van der Waals surface area contributed by atoms with Crippen LogP contribution in [0.5, 0.6) is 0 Å². The molecule has 1 saturated heterocycles. The Hall–Kier alpha value is -2.83. The third kappa shape index (κ3) is 4.60. The molecule has 1 aliphatic heterocycles. The minimum atomic E-state index is -0.464. The van der Waals surface area contributed by atoms with Gasteiger partial charge in [0.15, 0.2) is 5.82 Å². The van der Waals surface area contributed by atoms with Crippen LogP contribution in [0.4, 0.5) is 16.0 Å². The molecule has 1 amide bonds. The quantitative estimate of drug-likeness (QED) is 0.779. The van der Waals surface area contributed by atoms with Gasteiger partial charge in [0, 0.05) is 36.5 Å². The van der Waals surface area contributed by atoms with Gasteiger partial charge in [0.25, 0.3) is 0 Å². The molecule has 0 radical (unpaired) electrons. The number of carbonyl (C=O) groups excluding carboxylic acids is 1. The molecule has 1 aromatic heterocycles. The molecule has 4 rings (SSSR count). The van der Waals surface area contributed by atoms with E-state index in [-0.39, 0.29) is 29.4 Å². The van der Waals surface area contributed by atoms with Crippen molar-refractivity contribution in [3.05, 3.63) is 36.3 Å². The Morgan fingerprint density at radius 2 is 2.07 bits per heavy atom. The standard InChI is InChI=1S/C22H26FN5O/c23-19-14-26-22(25-13-15-5-3-7-17(11-15)21(24)29)27-20(19)16-6-4-8-18(12-16)28-9-1-2-10-28/h4,6,8,12-15,17H,1-3,5,7,9-11H2,(H2,24,29)/b25-13+/t15?,17-/m1/s1. The number of carbonyl (C=O) groups is 1. The van der Waals surface area contributed by atoms with Crippen LogP contribution < -0.4 is 10.6 Å². The minimum absolute atomic E-state index is 0.0989. The molecule has 7 heteroatoms. The topological polar surface area (TPSA) is 84.5 Å². The van der Waals surface area contributed by atoms with Crippen molar-refractivity contribution in [2.75, 3.05) is 18.0 Å². The van der Waals surface area contributed by atoms with Crippen LogP contribution in [0, 0.1) is 17.7 Å². The van der Waals surface area contributed by atoms with Crippen LogP contribution in [-0.4, -0.2) is 35.2 Å². The summed E-state index contributed by atoms with van der Waals surface area (Å²) in [5.74, 6) is -0.417. The fourth-order valence-corrected chi connectivity index (χ4v) is 4.24. The summed E-state index contributed by atoms with van der Waals surface area (Å²) >= 11 is 0. The number of hydrogen-bond acceptors (Lipinski definition) is 5. The maximum Gasteiger partial charge on any atom is 0.249 e. The van der Waals surface area contributed by atoms with Crippen molar-refractivity contribution in [3.63, 3.8) is 0 Å². The third-order valence-electron chi connectivity index (χ3n) is 5.84. The fourth-order valence-electron chi connectivity index (χ4n) is 4.24. The van der Waals surface area contributed by atoms with Crippen molar-refractivity contribution in [2.45, 2.75) is 38.5 Å². The number of nitrogens with two attached hydrogens (primary N) is 1. The van der Waals surface area contributed by atoms with Crippen molar-refractivity contribution in [3.8, 4) is 11.3 Å². The van der Waals surface area contributed by atoms with E-state index in [1.807, 2.05) is 24.3 Å². The van der Waals surface area contributed by atoms with Crippen LogP contribution in [0.15, 0.2) is 35.5 Å². The first-order valence-electron chi connectivity index (χ1n) is 10.3. The van der Waals surface area contributed by atoms with Crippen molar-refractivity contribution in [1.82, 2.24) is 9.97 Å². The summed E-state index contributed by atoms with van der Waals surface area (Å²) in [4.78, 5) is 26.5. The highest BCUT2D eigenvalue weighted by atomic mass is 19.1. The van der Waals surface area contributed by atoms with Gasteiger partial charge in [-0.05, 0) is 50.2 Å². The number of benzene rings is 1. The lowest BCUT2D eigenvalue weighted by Crippen LogP contribution is -2.28. The number of aromatic nitrogens is 2. The van der Waals surface area contributed by atoms with Gasteiger partial charge in [0.2, 0.25) is 11.9 Å². The van der Waals surface area contributed by atoms with Gasteiger partial charge in [-0.15, -0.1) is 0 Å². The number of halogens is 1. The Morgan fingerprint density at radius 3 is 2.86 bits per heavy atom. The highest BCUT2D eigenvalue weighted by Gasteiger charge is 2.24. The van der Waals surface area contributed by atoms with Gasteiger partial charge in [-0.3, -0.25) is 4.79 Å². The predicted molar refractivity (Wildman–Crippen MR) is 112 cm³/mol. The summed E-state index contributed by atoms with van der Waals surface area (Å²) in [6, 6.07) is 7.81. The molecule has 1 saturated carbocycles. The molecule has 152 valence electrons. The van der Waals surface area contributed by atoms with Gasteiger partial charge in [-0.2, -0.15) is 0 Å². The summed E-state index contributed by atoms with van der Waals surface area (Å²) in [7, 11) is 0. The zero-order valence-electron chi connectivity index (χ0n) is 16.4. The molecular weight excluding hydrogens is 369 g/mol. The summed E-state index contributed by atoms with van der Waals surface area (Å²) in [5, 5.41) is 0. The number of amides is 1. The molecule has 2 aromatic rings. The second kappa shape index (κ2) is 8.68. The van der Waals surface area contributed by atoms with Crippen LogP contribution in [0.2, 0.25) is 0 Å². The number of nitrogens with zero attached hydrogens (tertiary/aromatic N) is 4. The Labute approximate surface area is 170 Å². The fraction of sp³-hybridized carbons (Fsp3) is 0.455. The number of aliphatic imine (C=N–C) groups is 1. The van der Waals surface area contributed by atoms with E-state index < -0.39 is 5.82 Å². The molecule has 2 fully saturated rings. The van der Waals surface area contributed by atoms with Gasteiger partial charge >= 0.3 is 0 Å². The zero-order valence-corrected chi connectivity index (χ0v) is 16.4. The van der Waals surface area contributed by atoms with Crippen LogP contribution >= 0.6 is 0 Å². The Kier molecular flexibility index (Phi) is 5.83. The van der Waals surface area contributed by atoms with E-state index in [1.165, 1.54) is 19.0 Å². The Morgan fingerprint density at radius 1 is 1.24 bits per heavy atom. The SMILES string of the molecule is NC(=O)[C@@H]1CCCC(/C=N/c2ncc(F)c(-c3cccc(N4CCCC4)c3)n2)C1. The summed E-state index contributed by atoms with van der Waals surface area (Å²) in [6.45, 7) is 2.05. The van der Waals surface area contributed by atoms with E-state index in [2.05, 4.69) is 19.9 Å². The lowest BCUT2D eigenvalue weighted by atomic mass is 9.82. The smallest absolute Gasteiger partial charge is 0.249 e. The lowest BCUT2D eigenvalue weighted by Gasteiger charge is -2.24. The second-order valence-electron chi connectivity index (χ2n) is 7.92. The van der Waals surface area contributed by atoms with E-state index in [4.69, 9.17) is 5.73 Å². The number of primary amides is 1. The van der Waals surface area contributed by atoms with E-state index in [1.54, 1.807) is 6.21 Å². The molecule has 1 unspecified atom stereocenters. The highest BCUT2D eigenvalue weighted by molar-refractivity contribution is 5.77. The van der Waals surface area contributed by atoms with Crippen molar-refractivity contribution >= 4 is 23.8 Å². The molecule has 2 heterocycles. The molecule has 2 atom stereocenters. The monoisotopic (exact) mass is 395 g/mol. The molecular formula is C22H26FN5O. The first-order chi connectivity index (χ1) is 14.1. The number of hydrogen-bond donors (Lipinski definition) is 1. The Bertz CT molecular complexity index is 910. The van der Waals surface area contributed by atoms with E-state index in [0.717, 1.165) is 43.6 Å². The maximum absolute atomic E-state index is 14.5. The van der Waals surface area contributed by atoms with E-state index in [9.17, 15) is 9.18 Å². The average molecular weight is 395 g/mol. The molecule has 2 N–H and O–H groups in total. The Balaban J connectivity index is 1.53. The number of anilines is 1. The van der Waals surface area contributed by atoms with Crippen molar-refractivity contribution in [2.24, 2.45) is 22.6 Å². The molecule has 1 aliphatic carbocycles. The lowest BCUT2D eigenvalue weighted by molar-refractivity contribution is -0.122. The summed E-state index contributed by atoms with van der Waals surface area (Å²) in [5.41, 5.74) is 7.50. The van der Waals surface area contributed by atoms with Crippen molar-refractivity contribution in [1.29, 1.82) is 0 Å². The normalized spacial score (nSPS) is 22.3. The van der Waals surface area contributed by atoms with Crippen LogP contribution in [0.3, 0.4) is 0 Å². The summed E-state index contributed by atoms with van der Waals surface area (Å²) < 4.78 is 14.5. The molecule has 2 aliphatic rings. The van der Waals surface area contributed by atoms with Crippen LogP contribution in [0.1, 0.15) is 38.5 Å². The minimum Gasteiger partial charge on any atom is -0.372 e. The van der Waals surface area contributed by atoms with Gasteiger partial charge in [-0.25, -0.2) is 19.4 Å². The van der Waals surface area contributed by atoms with Crippen LogP contribution in [0.25, 0.3) is 11.3 Å². The highest BCUT2D eigenvalue weighted by Crippen LogP contribution is 2.30. The van der Waals surface area contributed by atoms with Gasteiger partial charge in [-0.1, -0.05) is 18.6 Å². The summed E-state index contributed by atoms with van der Waals surface area (Å²) in [6.07, 6.45) is 8.76. The molecule has 1 aromatic carbocycles. The van der Waals surface area contributed by atoms with E-state index >= 15 is 0 Å². The maximum atomic E-state index is 14.5. The van der Waals surface area contributed by atoms with Gasteiger partial charge in [0.1, 0.15) is 5.69 Å². The van der Waals surface area contributed by atoms with E-state index in [0.29, 0.717) is 6.42 Å². The predicted octanol–water partition coefficient (Wildman–Crippen LogP) is 3.88. The average Bonchev–Trinajstić information content (AvgIpc) is 3.28. The first-order valence-corrected chi connectivity index (χ1v) is 10.3. The molecule has 0 spiro atoms. The largest absolute Gasteiger partial charge is 0.372 e. The first kappa shape index (κ1) is 19.5.